The highest BCUT2D eigenvalue weighted by Gasteiger charge is 2.29. The summed E-state index contributed by atoms with van der Waals surface area (Å²) >= 11 is 0. The molecule has 0 spiro atoms. The lowest BCUT2D eigenvalue weighted by Crippen LogP contribution is -2.25. The van der Waals surface area contributed by atoms with Crippen LogP contribution in [0.3, 0.4) is 0 Å². The lowest BCUT2D eigenvalue weighted by Gasteiger charge is -2.20. The molecule has 1 aromatic carbocycles. The third-order valence-electron chi connectivity index (χ3n) is 2.43. The Labute approximate surface area is 89.3 Å². The highest BCUT2D eigenvalue weighted by molar-refractivity contribution is 5.29. The SMILES string of the molecule is CC(C)(C)c1ccc(C(F)(F)CN)cc1. The molecule has 3 heteroatoms. The van der Waals surface area contributed by atoms with Crippen molar-refractivity contribution in [2.24, 2.45) is 5.73 Å². The summed E-state index contributed by atoms with van der Waals surface area (Å²) in [6.45, 7) is 5.48. The molecule has 0 amide bonds. The molecule has 0 aromatic heterocycles. The first-order valence-electron chi connectivity index (χ1n) is 4.96. The molecule has 0 saturated heterocycles. The van der Waals surface area contributed by atoms with Crippen LogP contribution in [0.15, 0.2) is 24.3 Å². The van der Waals surface area contributed by atoms with Gasteiger partial charge < -0.3 is 5.73 Å². The van der Waals surface area contributed by atoms with E-state index in [4.69, 9.17) is 5.73 Å². The summed E-state index contributed by atoms with van der Waals surface area (Å²) in [7, 11) is 0. The minimum Gasteiger partial charge on any atom is -0.325 e. The molecule has 0 radical (unpaired) electrons. The molecule has 0 saturated carbocycles. The van der Waals surface area contributed by atoms with Crippen molar-refractivity contribution in [1.29, 1.82) is 0 Å². The minimum atomic E-state index is -2.92. The second-order valence-corrected chi connectivity index (χ2v) is 4.74. The lowest BCUT2D eigenvalue weighted by molar-refractivity contribution is 0.00592. The number of hydrogen-bond donors (Lipinski definition) is 1. The first-order chi connectivity index (χ1) is 6.77. The Morgan fingerprint density at radius 3 is 1.73 bits per heavy atom. The van der Waals surface area contributed by atoms with E-state index in [0.717, 1.165) is 5.56 Å². The molecule has 1 aromatic rings. The van der Waals surface area contributed by atoms with Crippen LogP contribution in [0.25, 0.3) is 0 Å². The van der Waals surface area contributed by atoms with Gasteiger partial charge in [0.25, 0.3) is 5.92 Å². The number of hydrogen-bond acceptors (Lipinski definition) is 1. The topological polar surface area (TPSA) is 26.0 Å². The predicted octanol–water partition coefficient (Wildman–Crippen LogP) is 3.03. The number of nitrogens with two attached hydrogens (primary N) is 1. The molecule has 0 bridgehead atoms. The average Bonchev–Trinajstić information content (AvgIpc) is 2.17. The Balaban J connectivity index is 3.01. The Bertz CT molecular complexity index is 322. The smallest absolute Gasteiger partial charge is 0.285 e. The number of alkyl halides is 2. The molecule has 15 heavy (non-hydrogen) atoms. The Hall–Kier alpha value is -0.960. The van der Waals surface area contributed by atoms with Gasteiger partial charge in [0.15, 0.2) is 0 Å². The average molecular weight is 213 g/mol. The second kappa shape index (κ2) is 3.89. The summed E-state index contributed by atoms with van der Waals surface area (Å²) in [5.41, 5.74) is 6.02. The summed E-state index contributed by atoms with van der Waals surface area (Å²) in [5.74, 6) is -2.92. The maximum Gasteiger partial charge on any atom is 0.285 e. The molecule has 0 atom stereocenters. The van der Waals surface area contributed by atoms with Gasteiger partial charge in [-0.1, -0.05) is 45.0 Å². The largest absolute Gasteiger partial charge is 0.325 e. The van der Waals surface area contributed by atoms with Gasteiger partial charge in [0, 0.05) is 5.56 Å². The third-order valence-corrected chi connectivity index (χ3v) is 2.43. The molecule has 0 aliphatic rings. The molecule has 0 aliphatic carbocycles. The molecule has 1 nitrogen and oxygen atoms in total. The third kappa shape index (κ3) is 2.75. The molecule has 0 unspecified atom stereocenters. The Kier molecular flexibility index (Phi) is 3.14. The van der Waals surface area contributed by atoms with E-state index < -0.39 is 12.5 Å². The van der Waals surface area contributed by atoms with Crippen LogP contribution in [0.2, 0.25) is 0 Å². The monoisotopic (exact) mass is 213 g/mol. The zero-order valence-electron chi connectivity index (χ0n) is 9.35. The molecule has 0 fully saturated rings. The first kappa shape index (κ1) is 12.1. The van der Waals surface area contributed by atoms with Crippen LogP contribution in [0.1, 0.15) is 31.9 Å². The molecule has 0 aliphatic heterocycles. The van der Waals surface area contributed by atoms with E-state index >= 15 is 0 Å². The van der Waals surface area contributed by atoms with Crippen LogP contribution in [0.5, 0.6) is 0 Å². The summed E-state index contributed by atoms with van der Waals surface area (Å²) in [6, 6.07) is 6.37. The van der Waals surface area contributed by atoms with E-state index in [-0.39, 0.29) is 11.0 Å². The zero-order valence-corrected chi connectivity index (χ0v) is 9.35. The van der Waals surface area contributed by atoms with Crippen molar-refractivity contribution in [2.75, 3.05) is 6.54 Å². The highest BCUT2D eigenvalue weighted by Crippen LogP contribution is 2.29. The summed E-state index contributed by atoms with van der Waals surface area (Å²) in [6.07, 6.45) is 0. The van der Waals surface area contributed by atoms with E-state index in [1.165, 1.54) is 12.1 Å². The fourth-order valence-electron chi connectivity index (χ4n) is 1.33. The molecule has 1 rings (SSSR count). The van der Waals surface area contributed by atoms with Gasteiger partial charge in [-0.15, -0.1) is 0 Å². The van der Waals surface area contributed by atoms with Gasteiger partial charge in [0.05, 0.1) is 6.54 Å². The second-order valence-electron chi connectivity index (χ2n) is 4.74. The van der Waals surface area contributed by atoms with Crippen LogP contribution in [0, 0.1) is 0 Å². The van der Waals surface area contributed by atoms with Crippen molar-refractivity contribution in [3.63, 3.8) is 0 Å². The number of benzene rings is 1. The number of rotatable bonds is 2. The number of halogens is 2. The predicted molar refractivity (Wildman–Crippen MR) is 58.1 cm³/mol. The summed E-state index contributed by atoms with van der Waals surface area (Å²) in [4.78, 5) is 0. The maximum atomic E-state index is 13.2. The van der Waals surface area contributed by atoms with E-state index in [9.17, 15) is 8.78 Å². The van der Waals surface area contributed by atoms with Crippen LogP contribution in [-0.4, -0.2) is 6.54 Å². The van der Waals surface area contributed by atoms with Crippen LogP contribution in [0.4, 0.5) is 8.78 Å². The van der Waals surface area contributed by atoms with Gasteiger partial charge in [0.1, 0.15) is 0 Å². The van der Waals surface area contributed by atoms with Gasteiger partial charge in [-0.25, -0.2) is 0 Å². The zero-order chi connectivity index (χ0) is 11.7. The molecular formula is C12H17F2N. The summed E-state index contributed by atoms with van der Waals surface area (Å²) in [5, 5.41) is 0. The van der Waals surface area contributed by atoms with Crippen molar-refractivity contribution >= 4 is 0 Å². The maximum absolute atomic E-state index is 13.2. The van der Waals surface area contributed by atoms with Gasteiger partial charge in [-0.2, -0.15) is 8.78 Å². The van der Waals surface area contributed by atoms with E-state index in [0.29, 0.717) is 0 Å². The normalized spacial score (nSPS) is 12.9. The van der Waals surface area contributed by atoms with Crippen LogP contribution < -0.4 is 5.73 Å². The van der Waals surface area contributed by atoms with E-state index in [1.807, 2.05) is 20.8 Å². The summed E-state index contributed by atoms with van der Waals surface area (Å²) < 4.78 is 26.4. The van der Waals surface area contributed by atoms with Gasteiger partial charge in [-0.3, -0.25) is 0 Å². The highest BCUT2D eigenvalue weighted by atomic mass is 19.3. The standard InChI is InChI=1S/C12H17F2N/c1-11(2,3)9-4-6-10(7-5-9)12(13,14)8-15/h4-7H,8,15H2,1-3H3. The van der Waals surface area contributed by atoms with Crippen molar-refractivity contribution in [3.8, 4) is 0 Å². The van der Waals surface area contributed by atoms with Gasteiger partial charge >= 0.3 is 0 Å². The van der Waals surface area contributed by atoms with Gasteiger partial charge in [0.2, 0.25) is 0 Å². The van der Waals surface area contributed by atoms with Crippen molar-refractivity contribution in [2.45, 2.75) is 32.1 Å². The fourth-order valence-corrected chi connectivity index (χ4v) is 1.33. The quantitative estimate of drug-likeness (QED) is 0.802. The molecular weight excluding hydrogens is 196 g/mol. The van der Waals surface area contributed by atoms with Crippen LogP contribution in [-0.2, 0) is 11.3 Å². The molecule has 84 valence electrons. The lowest BCUT2D eigenvalue weighted by atomic mass is 9.86. The van der Waals surface area contributed by atoms with Crippen LogP contribution >= 0.6 is 0 Å². The Morgan fingerprint density at radius 1 is 1.00 bits per heavy atom. The molecule has 0 heterocycles. The van der Waals surface area contributed by atoms with E-state index in [1.54, 1.807) is 12.1 Å². The molecule has 2 N–H and O–H groups in total. The van der Waals surface area contributed by atoms with Crippen molar-refractivity contribution in [1.82, 2.24) is 0 Å². The van der Waals surface area contributed by atoms with Crippen molar-refractivity contribution < 1.29 is 8.78 Å². The fraction of sp³-hybridized carbons (Fsp3) is 0.500. The van der Waals surface area contributed by atoms with Gasteiger partial charge in [-0.05, 0) is 11.0 Å². The Morgan fingerprint density at radius 2 is 1.40 bits per heavy atom. The van der Waals surface area contributed by atoms with E-state index in [2.05, 4.69) is 0 Å². The van der Waals surface area contributed by atoms with Crippen molar-refractivity contribution in [3.05, 3.63) is 35.4 Å². The first-order valence-corrected chi connectivity index (χ1v) is 4.96. The minimum absolute atomic E-state index is 0.0157.